The van der Waals surface area contributed by atoms with E-state index in [-0.39, 0.29) is 16.8 Å². The predicted octanol–water partition coefficient (Wildman–Crippen LogP) is 3.91. The molecule has 2 aromatic carbocycles. The van der Waals surface area contributed by atoms with E-state index in [9.17, 15) is 13.2 Å². The Hall–Kier alpha value is -1.60. The molecule has 0 radical (unpaired) electrons. The van der Waals surface area contributed by atoms with Crippen molar-refractivity contribution in [3.05, 3.63) is 63.6 Å². The largest absolute Gasteiger partial charge is 0.340 e. The van der Waals surface area contributed by atoms with E-state index in [1.54, 1.807) is 42.2 Å². The number of hydrogen-bond donors (Lipinski definition) is 1. The number of amides is 1. The second-order valence-corrected chi connectivity index (χ2v) is 10.3. The Morgan fingerprint density at radius 1 is 1.14 bits per heavy atom. The molecule has 2 fully saturated rings. The molecule has 0 unspecified atom stereocenters. The molecule has 2 aliphatic rings. The minimum atomic E-state index is -3.71. The molecule has 0 bridgehead atoms. The van der Waals surface area contributed by atoms with Crippen LogP contribution in [0.15, 0.2) is 47.4 Å². The molecule has 154 valence electrons. The third-order valence-electron chi connectivity index (χ3n) is 5.86. The zero-order valence-corrected chi connectivity index (χ0v) is 18.3. The third kappa shape index (κ3) is 3.91. The lowest BCUT2D eigenvalue weighted by molar-refractivity contribution is -0.132. The van der Waals surface area contributed by atoms with Crippen molar-refractivity contribution in [3.8, 4) is 0 Å². The van der Waals surface area contributed by atoms with Gasteiger partial charge in [0.15, 0.2) is 0 Å². The second kappa shape index (κ2) is 7.58. The van der Waals surface area contributed by atoms with Gasteiger partial charge in [-0.15, -0.1) is 0 Å². The maximum atomic E-state index is 13.2. The van der Waals surface area contributed by atoms with E-state index >= 15 is 0 Å². The highest BCUT2D eigenvalue weighted by Crippen LogP contribution is 2.50. The minimum absolute atomic E-state index is 0.0699. The molecule has 0 spiro atoms. The quantitative estimate of drug-likeness (QED) is 0.747. The van der Waals surface area contributed by atoms with Gasteiger partial charge in [0.05, 0.1) is 10.3 Å². The number of nitrogens with zero attached hydrogens (tertiary/aromatic N) is 1. The zero-order chi connectivity index (χ0) is 20.8. The van der Waals surface area contributed by atoms with Gasteiger partial charge in [-0.25, -0.2) is 13.1 Å². The zero-order valence-electron chi connectivity index (χ0n) is 16.0. The van der Waals surface area contributed by atoms with Gasteiger partial charge < -0.3 is 4.90 Å². The number of carbonyl (C=O) groups is 1. The third-order valence-corrected chi connectivity index (χ3v) is 8.19. The molecule has 1 atom stereocenters. The van der Waals surface area contributed by atoms with Gasteiger partial charge >= 0.3 is 0 Å². The van der Waals surface area contributed by atoms with Crippen molar-refractivity contribution >= 4 is 39.1 Å². The molecule has 1 aliphatic heterocycles. The fraction of sp³-hybridized carbons (Fsp3) is 0.381. The minimum Gasteiger partial charge on any atom is -0.340 e. The average molecular weight is 453 g/mol. The SMILES string of the molecule is Cc1c(Cl)cccc1S(=O)(=O)N[C@H]1CCN(C(=O)C2(c3ccc(Cl)cc3)CC2)C1. The molecule has 1 N–H and O–H groups in total. The van der Waals surface area contributed by atoms with Gasteiger partial charge in [-0.1, -0.05) is 41.4 Å². The first kappa shape index (κ1) is 20.7. The molecule has 2 aromatic rings. The van der Waals surface area contributed by atoms with E-state index in [0.717, 1.165) is 18.4 Å². The summed E-state index contributed by atoms with van der Waals surface area (Å²) in [7, 11) is -3.71. The van der Waals surface area contributed by atoms with Gasteiger partial charge in [0.2, 0.25) is 15.9 Å². The van der Waals surface area contributed by atoms with E-state index in [0.29, 0.717) is 35.1 Å². The summed E-state index contributed by atoms with van der Waals surface area (Å²) in [6.45, 7) is 2.59. The Balaban J connectivity index is 1.46. The van der Waals surface area contributed by atoms with E-state index in [1.807, 2.05) is 12.1 Å². The summed E-state index contributed by atoms with van der Waals surface area (Å²) in [6.07, 6.45) is 2.20. The molecule has 4 rings (SSSR count). The summed E-state index contributed by atoms with van der Waals surface area (Å²) in [5.74, 6) is 0.0699. The molecular weight excluding hydrogens is 431 g/mol. The molecule has 1 aliphatic carbocycles. The summed E-state index contributed by atoms with van der Waals surface area (Å²) in [5.41, 5.74) is 1.01. The number of benzene rings is 2. The Morgan fingerprint density at radius 3 is 2.48 bits per heavy atom. The van der Waals surface area contributed by atoms with Crippen LogP contribution in [0.3, 0.4) is 0 Å². The number of rotatable bonds is 5. The lowest BCUT2D eigenvalue weighted by Gasteiger charge is -2.24. The maximum absolute atomic E-state index is 13.2. The normalized spacial score (nSPS) is 20.7. The van der Waals surface area contributed by atoms with Crippen molar-refractivity contribution in [3.63, 3.8) is 0 Å². The molecule has 5 nitrogen and oxygen atoms in total. The van der Waals surface area contributed by atoms with Crippen LogP contribution in [0.25, 0.3) is 0 Å². The van der Waals surface area contributed by atoms with E-state index < -0.39 is 15.4 Å². The van der Waals surface area contributed by atoms with Crippen LogP contribution >= 0.6 is 23.2 Å². The Kier molecular flexibility index (Phi) is 5.40. The Morgan fingerprint density at radius 2 is 1.83 bits per heavy atom. The highest BCUT2D eigenvalue weighted by molar-refractivity contribution is 7.89. The molecule has 8 heteroatoms. The fourth-order valence-electron chi connectivity index (χ4n) is 4.03. The molecule has 29 heavy (non-hydrogen) atoms. The van der Waals surface area contributed by atoms with Crippen LogP contribution in [-0.2, 0) is 20.2 Å². The maximum Gasteiger partial charge on any atom is 0.241 e. The number of likely N-dealkylation sites (tertiary alicyclic amines) is 1. The van der Waals surface area contributed by atoms with Crippen molar-refractivity contribution in [2.75, 3.05) is 13.1 Å². The summed E-state index contributed by atoms with van der Waals surface area (Å²) in [4.78, 5) is 15.1. The van der Waals surface area contributed by atoms with Gasteiger partial charge in [0.1, 0.15) is 0 Å². The second-order valence-electron chi connectivity index (χ2n) is 7.81. The van der Waals surface area contributed by atoms with Crippen molar-refractivity contribution in [2.45, 2.75) is 42.5 Å². The molecule has 1 saturated carbocycles. The Bertz CT molecular complexity index is 1050. The van der Waals surface area contributed by atoms with Crippen molar-refractivity contribution < 1.29 is 13.2 Å². The standard InChI is InChI=1S/C21H22Cl2N2O3S/c1-14-18(23)3-2-4-19(14)29(27,28)24-17-9-12-25(13-17)20(26)21(10-11-21)15-5-7-16(22)8-6-15/h2-8,17,24H,9-13H2,1H3/t17-/m0/s1. The fourth-order valence-corrected chi connectivity index (χ4v) is 5.91. The van der Waals surface area contributed by atoms with Crippen LogP contribution in [0.2, 0.25) is 10.0 Å². The highest BCUT2D eigenvalue weighted by Gasteiger charge is 2.53. The van der Waals surface area contributed by atoms with E-state index in [4.69, 9.17) is 23.2 Å². The average Bonchev–Trinajstić information content (AvgIpc) is 3.37. The van der Waals surface area contributed by atoms with E-state index in [1.165, 1.54) is 0 Å². The van der Waals surface area contributed by atoms with Crippen LogP contribution in [0, 0.1) is 6.92 Å². The smallest absolute Gasteiger partial charge is 0.241 e. The van der Waals surface area contributed by atoms with Crippen LogP contribution in [0.5, 0.6) is 0 Å². The van der Waals surface area contributed by atoms with Crippen LogP contribution in [-0.4, -0.2) is 38.4 Å². The van der Waals surface area contributed by atoms with Crippen LogP contribution in [0.4, 0.5) is 0 Å². The van der Waals surface area contributed by atoms with Gasteiger partial charge in [-0.2, -0.15) is 0 Å². The predicted molar refractivity (Wildman–Crippen MR) is 114 cm³/mol. The summed E-state index contributed by atoms with van der Waals surface area (Å²) in [6, 6.07) is 11.9. The summed E-state index contributed by atoms with van der Waals surface area (Å²) >= 11 is 12.0. The van der Waals surface area contributed by atoms with Gasteiger partial charge in [0.25, 0.3) is 0 Å². The van der Waals surface area contributed by atoms with Crippen molar-refractivity contribution in [2.24, 2.45) is 0 Å². The number of hydrogen-bond acceptors (Lipinski definition) is 3. The first-order chi connectivity index (χ1) is 13.7. The van der Waals surface area contributed by atoms with Crippen molar-refractivity contribution in [1.29, 1.82) is 0 Å². The summed E-state index contributed by atoms with van der Waals surface area (Å²) < 4.78 is 28.4. The topological polar surface area (TPSA) is 66.5 Å². The van der Waals surface area contributed by atoms with Gasteiger partial charge in [-0.3, -0.25) is 4.79 Å². The Labute approximate surface area is 181 Å². The van der Waals surface area contributed by atoms with Crippen LogP contribution < -0.4 is 4.72 Å². The van der Waals surface area contributed by atoms with Crippen molar-refractivity contribution in [1.82, 2.24) is 9.62 Å². The molecule has 1 heterocycles. The van der Waals surface area contributed by atoms with Gasteiger partial charge in [0, 0.05) is 29.2 Å². The first-order valence-corrected chi connectivity index (χ1v) is 11.8. The lowest BCUT2D eigenvalue weighted by Crippen LogP contribution is -2.41. The lowest BCUT2D eigenvalue weighted by atomic mass is 9.94. The molecule has 1 amide bonds. The number of nitrogens with one attached hydrogen (secondary N) is 1. The number of carbonyl (C=O) groups excluding carboxylic acids is 1. The molecule has 0 aromatic heterocycles. The number of sulfonamides is 1. The highest BCUT2D eigenvalue weighted by atomic mass is 35.5. The van der Waals surface area contributed by atoms with Crippen LogP contribution in [0.1, 0.15) is 30.4 Å². The number of halogens is 2. The summed E-state index contributed by atoms with van der Waals surface area (Å²) in [5, 5.41) is 1.05. The first-order valence-electron chi connectivity index (χ1n) is 9.56. The van der Waals surface area contributed by atoms with E-state index in [2.05, 4.69) is 4.72 Å². The monoisotopic (exact) mass is 452 g/mol. The molecular formula is C21H22Cl2N2O3S. The van der Waals surface area contributed by atoms with Gasteiger partial charge in [-0.05, 0) is 61.6 Å². The molecule has 1 saturated heterocycles.